The Kier molecular flexibility index (Phi) is 3.19. The zero-order valence-electron chi connectivity index (χ0n) is 7.63. The van der Waals surface area contributed by atoms with E-state index in [0.29, 0.717) is 18.3 Å². The molecule has 1 rings (SSSR count). The van der Waals surface area contributed by atoms with Gasteiger partial charge in [0.05, 0.1) is 0 Å². The summed E-state index contributed by atoms with van der Waals surface area (Å²) in [6.07, 6.45) is 0. The molecule has 0 aliphatic rings. The Balaban J connectivity index is 2.71. The first-order valence-electron chi connectivity index (χ1n) is 3.84. The fourth-order valence-corrected chi connectivity index (χ4v) is 0.961. The second-order valence-electron chi connectivity index (χ2n) is 2.79. The molecule has 1 aromatic rings. The van der Waals surface area contributed by atoms with Crippen LogP contribution in [-0.2, 0) is 0 Å². The fourth-order valence-electron chi connectivity index (χ4n) is 0.758. The lowest BCUT2D eigenvalue weighted by atomic mass is 10.3. The van der Waals surface area contributed by atoms with Crippen LogP contribution in [-0.4, -0.2) is 21.5 Å². The van der Waals surface area contributed by atoms with Crippen molar-refractivity contribution in [2.75, 3.05) is 11.9 Å². The summed E-state index contributed by atoms with van der Waals surface area (Å²) in [7, 11) is 0. The zero-order valence-corrected chi connectivity index (χ0v) is 8.39. The predicted octanol–water partition coefficient (Wildman–Crippen LogP) is 1.82. The van der Waals surface area contributed by atoms with Crippen molar-refractivity contribution >= 4 is 17.5 Å². The first-order chi connectivity index (χ1) is 6.08. The van der Waals surface area contributed by atoms with Crippen LogP contribution in [0.25, 0.3) is 0 Å². The Morgan fingerprint density at radius 2 is 2.15 bits per heavy atom. The first-order valence-corrected chi connectivity index (χ1v) is 4.22. The molecule has 1 heterocycles. The minimum absolute atomic E-state index is 0.205. The molecule has 0 fully saturated rings. The molecule has 0 radical (unpaired) electrons. The van der Waals surface area contributed by atoms with Gasteiger partial charge in [-0.15, -0.1) is 0 Å². The second-order valence-corrected chi connectivity index (χ2v) is 3.12. The average molecular weight is 199 g/mol. The van der Waals surface area contributed by atoms with Crippen LogP contribution in [0.1, 0.15) is 12.7 Å². The van der Waals surface area contributed by atoms with Gasteiger partial charge in [-0.2, -0.15) is 9.97 Å². The molecule has 4 nitrogen and oxygen atoms in total. The molecule has 0 spiro atoms. The van der Waals surface area contributed by atoms with Crippen molar-refractivity contribution in [1.82, 2.24) is 15.0 Å². The van der Waals surface area contributed by atoms with Crippen molar-refractivity contribution in [3.63, 3.8) is 0 Å². The van der Waals surface area contributed by atoms with Crippen LogP contribution < -0.4 is 5.32 Å². The average Bonchev–Trinajstić information content (AvgIpc) is 1.99. The van der Waals surface area contributed by atoms with Gasteiger partial charge in [0, 0.05) is 6.54 Å². The van der Waals surface area contributed by atoms with Gasteiger partial charge in [-0.1, -0.05) is 12.2 Å². The van der Waals surface area contributed by atoms with E-state index in [-0.39, 0.29) is 5.28 Å². The summed E-state index contributed by atoms with van der Waals surface area (Å²) in [4.78, 5) is 11.8. The van der Waals surface area contributed by atoms with E-state index in [1.165, 1.54) is 0 Å². The van der Waals surface area contributed by atoms with E-state index in [9.17, 15) is 0 Å². The minimum atomic E-state index is 0.205. The number of nitrogens with zero attached hydrogens (tertiary/aromatic N) is 3. The summed E-state index contributed by atoms with van der Waals surface area (Å²) >= 11 is 5.64. The van der Waals surface area contributed by atoms with Gasteiger partial charge in [0.25, 0.3) is 0 Å². The van der Waals surface area contributed by atoms with Crippen LogP contribution in [0.3, 0.4) is 0 Å². The maximum Gasteiger partial charge on any atom is 0.227 e. The highest BCUT2D eigenvalue weighted by Gasteiger charge is 1.99. The molecule has 1 aromatic heterocycles. The number of hydrogen-bond donors (Lipinski definition) is 1. The van der Waals surface area contributed by atoms with E-state index in [0.717, 1.165) is 5.57 Å². The lowest BCUT2D eigenvalue weighted by molar-refractivity contribution is 0.964. The standard InChI is InChI=1S/C8H11ClN4/c1-5(2)4-10-8-12-6(3)11-7(9)13-8/h1,4H2,2-3H3,(H,10,11,12,13). The molecule has 0 saturated heterocycles. The third kappa shape index (κ3) is 3.38. The lowest BCUT2D eigenvalue weighted by Crippen LogP contribution is -2.07. The third-order valence-corrected chi connectivity index (χ3v) is 1.44. The maximum atomic E-state index is 5.64. The highest BCUT2D eigenvalue weighted by Crippen LogP contribution is 2.05. The molecule has 70 valence electrons. The van der Waals surface area contributed by atoms with Crippen molar-refractivity contribution in [2.24, 2.45) is 0 Å². The molecule has 0 aromatic carbocycles. The van der Waals surface area contributed by atoms with Crippen LogP contribution in [0.4, 0.5) is 5.95 Å². The quantitative estimate of drug-likeness (QED) is 0.753. The van der Waals surface area contributed by atoms with Gasteiger partial charge < -0.3 is 5.32 Å². The van der Waals surface area contributed by atoms with Crippen LogP contribution in [0.2, 0.25) is 5.28 Å². The van der Waals surface area contributed by atoms with Gasteiger partial charge in [0.1, 0.15) is 5.82 Å². The molecule has 0 saturated carbocycles. The number of hydrogen-bond acceptors (Lipinski definition) is 4. The molecule has 0 unspecified atom stereocenters. The van der Waals surface area contributed by atoms with E-state index in [1.807, 2.05) is 6.92 Å². The monoisotopic (exact) mass is 198 g/mol. The van der Waals surface area contributed by atoms with E-state index in [2.05, 4.69) is 26.8 Å². The fraction of sp³-hybridized carbons (Fsp3) is 0.375. The summed E-state index contributed by atoms with van der Waals surface area (Å²) in [6, 6.07) is 0. The molecule has 0 bridgehead atoms. The van der Waals surface area contributed by atoms with Gasteiger partial charge in [0.2, 0.25) is 11.2 Å². The van der Waals surface area contributed by atoms with Crippen LogP contribution in [0, 0.1) is 6.92 Å². The number of aryl methyl sites for hydroxylation is 1. The lowest BCUT2D eigenvalue weighted by Gasteiger charge is -2.04. The van der Waals surface area contributed by atoms with Crippen LogP contribution >= 0.6 is 11.6 Å². The van der Waals surface area contributed by atoms with Crippen molar-refractivity contribution in [3.8, 4) is 0 Å². The highest BCUT2D eigenvalue weighted by atomic mass is 35.5. The topological polar surface area (TPSA) is 50.7 Å². The normalized spacial score (nSPS) is 9.77. The number of aromatic nitrogens is 3. The number of anilines is 1. The van der Waals surface area contributed by atoms with Crippen molar-refractivity contribution in [1.29, 1.82) is 0 Å². The maximum absolute atomic E-state index is 5.64. The van der Waals surface area contributed by atoms with Gasteiger partial charge in [0.15, 0.2) is 0 Å². The molecule has 0 atom stereocenters. The van der Waals surface area contributed by atoms with Gasteiger partial charge in [-0.25, -0.2) is 4.98 Å². The van der Waals surface area contributed by atoms with Crippen molar-refractivity contribution in [3.05, 3.63) is 23.3 Å². The van der Waals surface area contributed by atoms with Crippen molar-refractivity contribution in [2.45, 2.75) is 13.8 Å². The highest BCUT2D eigenvalue weighted by molar-refractivity contribution is 6.28. The summed E-state index contributed by atoms with van der Waals surface area (Å²) in [5.74, 6) is 1.09. The van der Waals surface area contributed by atoms with E-state index >= 15 is 0 Å². The SMILES string of the molecule is C=C(C)CNc1nc(C)nc(Cl)n1. The van der Waals surface area contributed by atoms with Crippen LogP contribution in [0.15, 0.2) is 12.2 Å². The molecule has 0 amide bonds. The number of halogens is 1. The predicted molar refractivity (Wildman–Crippen MR) is 52.9 cm³/mol. The van der Waals surface area contributed by atoms with Crippen molar-refractivity contribution < 1.29 is 0 Å². The van der Waals surface area contributed by atoms with E-state index < -0.39 is 0 Å². The zero-order chi connectivity index (χ0) is 9.84. The first kappa shape index (κ1) is 9.92. The number of nitrogens with one attached hydrogen (secondary N) is 1. The summed E-state index contributed by atoms with van der Waals surface area (Å²) < 4.78 is 0. The molecule has 0 aliphatic carbocycles. The third-order valence-electron chi connectivity index (χ3n) is 1.27. The Morgan fingerprint density at radius 3 is 2.69 bits per heavy atom. The molecule has 5 heteroatoms. The van der Waals surface area contributed by atoms with Gasteiger partial charge in [-0.3, -0.25) is 0 Å². The summed E-state index contributed by atoms with van der Waals surface area (Å²) in [5.41, 5.74) is 1.01. The van der Waals surface area contributed by atoms with Gasteiger partial charge >= 0.3 is 0 Å². The molecular weight excluding hydrogens is 188 g/mol. The Hall–Kier alpha value is -1.16. The molecule has 1 N–H and O–H groups in total. The van der Waals surface area contributed by atoms with Crippen LogP contribution in [0.5, 0.6) is 0 Å². The Bertz CT molecular complexity index is 304. The minimum Gasteiger partial charge on any atom is -0.350 e. The number of rotatable bonds is 3. The van der Waals surface area contributed by atoms with E-state index in [1.54, 1.807) is 6.92 Å². The smallest absolute Gasteiger partial charge is 0.227 e. The Morgan fingerprint density at radius 1 is 1.46 bits per heavy atom. The molecular formula is C8H11ClN4. The summed E-state index contributed by atoms with van der Waals surface area (Å²) in [5, 5.41) is 3.18. The largest absolute Gasteiger partial charge is 0.350 e. The molecule has 0 aliphatic heterocycles. The Labute approximate surface area is 82.1 Å². The second kappa shape index (κ2) is 4.18. The summed E-state index contributed by atoms with van der Waals surface area (Å²) in [6.45, 7) is 8.07. The molecule has 13 heavy (non-hydrogen) atoms. The van der Waals surface area contributed by atoms with Gasteiger partial charge in [-0.05, 0) is 25.4 Å². The van der Waals surface area contributed by atoms with E-state index in [4.69, 9.17) is 11.6 Å².